The molecular weight excluding hydrogens is 261 g/mol. The Kier molecular flexibility index (Phi) is 11.3. The van der Waals surface area contributed by atoms with Crippen LogP contribution in [-0.4, -0.2) is 50.1 Å². The highest BCUT2D eigenvalue weighted by Crippen LogP contribution is 2.06. The number of likely N-dealkylation sites (N-methyl/N-ethyl adjacent to an activating group) is 1. The lowest BCUT2D eigenvalue weighted by Gasteiger charge is -2.25. The van der Waals surface area contributed by atoms with Crippen LogP contribution in [0, 0.1) is 0 Å². The lowest BCUT2D eigenvalue weighted by Crippen LogP contribution is -2.49. The SMILES string of the molecule is CC(CNC(=O)[C@@H]1CCCCN1)N(C)C.Cl.Cl. The molecule has 1 amide bonds. The zero-order chi connectivity index (χ0) is 11.3. The molecule has 0 aromatic carbocycles. The van der Waals surface area contributed by atoms with E-state index in [1.807, 2.05) is 14.1 Å². The molecule has 17 heavy (non-hydrogen) atoms. The molecule has 1 rings (SSSR count). The number of nitrogens with zero attached hydrogens (tertiary/aromatic N) is 1. The van der Waals surface area contributed by atoms with E-state index in [9.17, 15) is 4.79 Å². The van der Waals surface area contributed by atoms with Gasteiger partial charge >= 0.3 is 0 Å². The highest BCUT2D eigenvalue weighted by atomic mass is 35.5. The van der Waals surface area contributed by atoms with Crippen molar-refractivity contribution in [2.24, 2.45) is 0 Å². The highest BCUT2D eigenvalue weighted by molar-refractivity contribution is 5.85. The van der Waals surface area contributed by atoms with Crippen LogP contribution < -0.4 is 10.6 Å². The number of piperidine rings is 1. The van der Waals surface area contributed by atoms with E-state index in [1.54, 1.807) is 0 Å². The maximum absolute atomic E-state index is 11.7. The third-order valence-corrected chi connectivity index (χ3v) is 3.08. The minimum atomic E-state index is 0. The van der Waals surface area contributed by atoms with Gasteiger partial charge in [-0.3, -0.25) is 4.79 Å². The molecule has 104 valence electrons. The number of nitrogens with one attached hydrogen (secondary N) is 2. The number of hydrogen-bond donors (Lipinski definition) is 2. The second kappa shape index (κ2) is 9.95. The van der Waals surface area contributed by atoms with Gasteiger partial charge in [-0.15, -0.1) is 24.8 Å². The molecule has 1 unspecified atom stereocenters. The highest BCUT2D eigenvalue weighted by Gasteiger charge is 2.20. The fourth-order valence-corrected chi connectivity index (χ4v) is 1.63. The summed E-state index contributed by atoms with van der Waals surface area (Å²) in [6.07, 6.45) is 3.33. The van der Waals surface area contributed by atoms with Crippen LogP contribution in [0.4, 0.5) is 0 Å². The van der Waals surface area contributed by atoms with Gasteiger partial charge in [0.05, 0.1) is 6.04 Å². The van der Waals surface area contributed by atoms with E-state index in [0.29, 0.717) is 6.04 Å². The summed E-state index contributed by atoms with van der Waals surface area (Å²) in [5, 5.41) is 6.24. The van der Waals surface area contributed by atoms with Crippen molar-refractivity contribution in [3.8, 4) is 0 Å². The summed E-state index contributed by atoms with van der Waals surface area (Å²) in [6, 6.07) is 0.422. The quantitative estimate of drug-likeness (QED) is 0.811. The van der Waals surface area contributed by atoms with Crippen LogP contribution in [0.25, 0.3) is 0 Å². The van der Waals surface area contributed by atoms with Crippen LogP contribution in [-0.2, 0) is 4.79 Å². The zero-order valence-electron chi connectivity index (χ0n) is 10.9. The lowest BCUT2D eigenvalue weighted by atomic mass is 10.0. The van der Waals surface area contributed by atoms with Gasteiger partial charge in [-0.05, 0) is 40.4 Å². The van der Waals surface area contributed by atoms with Gasteiger partial charge in [-0.2, -0.15) is 0 Å². The lowest BCUT2D eigenvalue weighted by molar-refractivity contribution is -0.123. The molecule has 1 saturated heterocycles. The summed E-state index contributed by atoms with van der Waals surface area (Å²) in [5.41, 5.74) is 0. The van der Waals surface area contributed by atoms with E-state index < -0.39 is 0 Å². The summed E-state index contributed by atoms with van der Waals surface area (Å²) in [7, 11) is 4.05. The molecule has 0 bridgehead atoms. The molecule has 0 aromatic rings. The standard InChI is InChI=1S/C11H23N3O.2ClH/c1-9(14(2)3)8-13-11(15)10-6-4-5-7-12-10;;/h9-10,12H,4-8H2,1-3H3,(H,13,15);2*1H/t9?,10-;;/m0../s1. The second-order valence-electron chi connectivity index (χ2n) is 4.56. The van der Waals surface area contributed by atoms with Crippen LogP contribution in [0.15, 0.2) is 0 Å². The first-order valence-corrected chi connectivity index (χ1v) is 5.79. The van der Waals surface area contributed by atoms with Crippen LogP contribution >= 0.6 is 24.8 Å². The largest absolute Gasteiger partial charge is 0.353 e. The van der Waals surface area contributed by atoms with E-state index in [-0.39, 0.29) is 36.8 Å². The zero-order valence-corrected chi connectivity index (χ0v) is 12.5. The van der Waals surface area contributed by atoms with Gasteiger partial charge in [0.25, 0.3) is 0 Å². The molecular formula is C11H25Cl2N3O. The van der Waals surface area contributed by atoms with Gasteiger partial charge in [0.15, 0.2) is 0 Å². The molecule has 1 heterocycles. The molecule has 0 radical (unpaired) electrons. The smallest absolute Gasteiger partial charge is 0.237 e. The summed E-state index contributed by atoms with van der Waals surface area (Å²) in [4.78, 5) is 13.8. The Morgan fingerprint density at radius 2 is 2.06 bits per heavy atom. The Hall–Kier alpha value is -0.0300. The van der Waals surface area contributed by atoms with Crippen molar-refractivity contribution in [2.75, 3.05) is 27.2 Å². The maximum Gasteiger partial charge on any atom is 0.237 e. The molecule has 0 aromatic heterocycles. The van der Waals surface area contributed by atoms with Crippen molar-refractivity contribution in [2.45, 2.75) is 38.3 Å². The number of hydrogen-bond acceptors (Lipinski definition) is 3. The average molecular weight is 286 g/mol. The first-order chi connectivity index (χ1) is 7.11. The van der Waals surface area contributed by atoms with Crippen LogP contribution in [0.2, 0.25) is 0 Å². The number of carbonyl (C=O) groups is 1. The van der Waals surface area contributed by atoms with Gasteiger partial charge in [0.1, 0.15) is 0 Å². The molecule has 2 N–H and O–H groups in total. The van der Waals surface area contributed by atoms with E-state index in [2.05, 4.69) is 22.5 Å². The van der Waals surface area contributed by atoms with Gasteiger partial charge < -0.3 is 15.5 Å². The number of amides is 1. The molecule has 1 aliphatic rings. The minimum absolute atomic E-state index is 0. The molecule has 4 nitrogen and oxygen atoms in total. The first-order valence-electron chi connectivity index (χ1n) is 5.79. The topological polar surface area (TPSA) is 44.4 Å². The fraction of sp³-hybridized carbons (Fsp3) is 0.909. The normalized spacial score (nSPS) is 21.1. The molecule has 1 fully saturated rings. The average Bonchev–Trinajstić information content (AvgIpc) is 2.26. The number of carbonyl (C=O) groups excluding carboxylic acids is 1. The van der Waals surface area contributed by atoms with Crippen molar-refractivity contribution < 1.29 is 4.79 Å². The molecule has 2 atom stereocenters. The molecule has 0 spiro atoms. The molecule has 0 aliphatic carbocycles. The Morgan fingerprint density at radius 3 is 2.53 bits per heavy atom. The predicted molar refractivity (Wildman–Crippen MR) is 76.3 cm³/mol. The summed E-state index contributed by atoms with van der Waals surface area (Å²) >= 11 is 0. The van der Waals surface area contributed by atoms with Crippen molar-refractivity contribution in [3.05, 3.63) is 0 Å². The number of halogens is 2. The van der Waals surface area contributed by atoms with E-state index in [1.165, 1.54) is 6.42 Å². The minimum Gasteiger partial charge on any atom is -0.353 e. The van der Waals surface area contributed by atoms with E-state index >= 15 is 0 Å². The Morgan fingerprint density at radius 1 is 1.41 bits per heavy atom. The summed E-state index contributed by atoms with van der Waals surface area (Å²) in [5.74, 6) is 0.156. The van der Waals surface area contributed by atoms with Crippen LogP contribution in [0.1, 0.15) is 26.2 Å². The summed E-state index contributed by atoms with van der Waals surface area (Å²) in [6.45, 7) is 3.81. The van der Waals surface area contributed by atoms with Crippen molar-refractivity contribution in [1.82, 2.24) is 15.5 Å². The van der Waals surface area contributed by atoms with E-state index in [4.69, 9.17) is 0 Å². The monoisotopic (exact) mass is 285 g/mol. The van der Waals surface area contributed by atoms with Crippen molar-refractivity contribution in [3.63, 3.8) is 0 Å². The Bertz CT molecular complexity index is 209. The third kappa shape index (κ3) is 7.09. The van der Waals surface area contributed by atoms with Gasteiger partial charge in [-0.1, -0.05) is 6.42 Å². The van der Waals surface area contributed by atoms with Crippen LogP contribution in [0.5, 0.6) is 0 Å². The van der Waals surface area contributed by atoms with Gasteiger partial charge in [0.2, 0.25) is 5.91 Å². The second-order valence-corrected chi connectivity index (χ2v) is 4.56. The Labute approximate surface area is 117 Å². The van der Waals surface area contributed by atoms with E-state index in [0.717, 1.165) is 25.9 Å². The number of rotatable bonds is 4. The van der Waals surface area contributed by atoms with Crippen LogP contribution in [0.3, 0.4) is 0 Å². The van der Waals surface area contributed by atoms with Gasteiger partial charge in [-0.25, -0.2) is 0 Å². The molecule has 1 aliphatic heterocycles. The predicted octanol–water partition coefficient (Wildman–Crippen LogP) is 1.04. The van der Waals surface area contributed by atoms with Gasteiger partial charge in [0, 0.05) is 12.6 Å². The first kappa shape index (κ1) is 19.3. The maximum atomic E-state index is 11.7. The third-order valence-electron chi connectivity index (χ3n) is 3.08. The molecule has 0 saturated carbocycles. The summed E-state index contributed by atoms with van der Waals surface area (Å²) < 4.78 is 0. The van der Waals surface area contributed by atoms with Crippen molar-refractivity contribution in [1.29, 1.82) is 0 Å². The van der Waals surface area contributed by atoms with Crippen molar-refractivity contribution >= 4 is 30.7 Å². The Balaban J connectivity index is 0. The molecule has 6 heteroatoms. The fourth-order valence-electron chi connectivity index (χ4n) is 1.63.